The number of ether oxygens (including phenoxy) is 1. The summed E-state index contributed by atoms with van der Waals surface area (Å²) >= 11 is 0. The summed E-state index contributed by atoms with van der Waals surface area (Å²) in [6, 6.07) is 6.96. The number of nitrogens with zero attached hydrogens (tertiary/aromatic N) is 1. The van der Waals surface area contributed by atoms with Crippen LogP contribution < -0.4 is 15.5 Å². The lowest BCUT2D eigenvalue weighted by atomic mass is 10.1. The molecule has 3 atom stereocenters. The van der Waals surface area contributed by atoms with Gasteiger partial charge in [0.05, 0.1) is 26.5 Å². The molecule has 0 aromatic heterocycles. The summed E-state index contributed by atoms with van der Waals surface area (Å²) in [5.74, 6) is 0.226. The van der Waals surface area contributed by atoms with E-state index in [-0.39, 0.29) is 6.54 Å². The molecule has 0 unspecified atom stereocenters. The van der Waals surface area contributed by atoms with Gasteiger partial charge in [-0.15, -0.1) is 0 Å². The van der Waals surface area contributed by atoms with Crippen LogP contribution in [0.4, 0.5) is 5.69 Å². The summed E-state index contributed by atoms with van der Waals surface area (Å²) in [5.41, 5.74) is 2.86. The van der Waals surface area contributed by atoms with Gasteiger partial charge in [0.2, 0.25) is 0 Å². The molecule has 1 aromatic rings. The molecule has 0 heterocycles. The average Bonchev–Trinajstić information content (AvgIpc) is 2.58. The fraction of sp³-hybridized carbons (Fsp3) is 0.429. The highest BCUT2D eigenvalue weighted by molar-refractivity contribution is 5.81. The van der Waals surface area contributed by atoms with Crippen molar-refractivity contribution in [3.05, 3.63) is 24.3 Å². The number of aliphatic hydroxyl groups excluding tert-OH is 4. The van der Waals surface area contributed by atoms with Gasteiger partial charge in [0.25, 0.3) is 5.91 Å². The third kappa shape index (κ3) is 6.61. The lowest BCUT2D eigenvalue weighted by molar-refractivity contribution is -0.119. The Hall–Kier alpha value is -2.20. The van der Waals surface area contributed by atoms with Crippen molar-refractivity contribution in [1.82, 2.24) is 5.43 Å². The number of nitrogens with one attached hydrogen (secondary N) is 2. The van der Waals surface area contributed by atoms with Crippen LogP contribution in [0.3, 0.4) is 0 Å². The Bertz CT molecular complexity index is 508. The molecular formula is C14H21N3O6. The Balaban J connectivity index is 2.34. The van der Waals surface area contributed by atoms with Crippen LogP contribution in [0.2, 0.25) is 0 Å². The van der Waals surface area contributed by atoms with Crippen molar-refractivity contribution in [2.45, 2.75) is 18.3 Å². The van der Waals surface area contributed by atoms with E-state index in [1.54, 1.807) is 31.4 Å². The molecule has 0 spiro atoms. The van der Waals surface area contributed by atoms with Crippen molar-refractivity contribution < 1.29 is 30.0 Å². The minimum Gasteiger partial charge on any atom is -0.497 e. The van der Waals surface area contributed by atoms with E-state index in [0.29, 0.717) is 11.4 Å². The highest BCUT2D eigenvalue weighted by Gasteiger charge is 2.22. The van der Waals surface area contributed by atoms with Gasteiger partial charge in [-0.1, -0.05) is 0 Å². The zero-order valence-electron chi connectivity index (χ0n) is 12.6. The van der Waals surface area contributed by atoms with Crippen molar-refractivity contribution >= 4 is 17.8 Å². The Morgan fingerprint density at radius 2 is 1.96 bits per heavy atom. The largest absolute Gasteiger partial charge is 0.497 e. The van der Waals surface area contributed by atoms with E-state index >= 15 is 0 Å². The first-order chi connectivity index (χ1) is 11.0. The van der Waals surface area contributed by atoms with Crippen LogP contribution >= 0.6 is 0 Å². The minimum atomic E-state index is -1.60. The van der Waals surface area contributed by atoms with Gasteiger partial charge in [-0.3, -0.25) is 4.79 Å². The first kappa shape index (κ1) is 18.8. The SMILES string of the molecule is COc1ccc(NCC(=O)N/N=C/[C@H](O)[C@H](O)[C@H](O)CO)cc1. The minimum absolute atomic E-state index is 0.0540. The normalized spacial score (nSPS) is 15.0. The van der Waals surface area contributed by atoms with Crippen LogP contribution in [0.25, 0.3) is 0 Å². The topological polar surface area (TPSA) is 144 Å². The van der Waals surface area contributed by atoms with Gasteiger partial charge in [-0.25, -0.2) is 5.43 Å². The number of carbonyl (C=O) groups is 1. The first-order valence-corrected chi connectivity index (χ1v) is 6.83. The highest BCUT2D eigenvalue weighted by Crippen LogP contribution is 2.14. The predicted molar refractivity (Wildman–Crippen MR) is 83.2 cm³/mol. The number of rotatable bonds is 9. The fourth-order valence-electron chi connectivity index (χ4n) is 1.54. The molecule has 0 radical (unpaired) electrons. The maximum absolute atomic E-state index is 11.5. The van der Waals surface area contributed by atoms with Gasteiger partial charge >= 0.3 is 0 Å². The van der Waals surface area contributed by atoms with E-state index < -0.39 is 30.8 Å². The number of hydrogen-bond acceptors (Lipinski definition) is 8. The van der Waals surface area contributed by atoms with E-state index in [9.17, 15) is 15.0 Å². The Kier molecular flexibility index (Phi) is 7.98. The molecule has 0 saturated carbocycles. The number of hydrogen-bond donors (Lipinski definition) is 6. The molecule has 9 nitrogen and oxygen atoms in total. The predicted octanol–water partition coefficient (Wildman–Crippen LogP) is -1.72. The Morgan fingerprint density at radius 1 is 1.30 bits per heavy atom. The third-order valence-corrected chi connectivity index (χ3v) is 2.89. The molecule has 23 heavy (non-hydrogen) atoms. The van der Waals surface area contributed by atoms with Crippen LogP contribution in [0.15, 0.2) is 29.4 Å². The Morgan fingerprint density at radius 3 is 2.52 bits per heavy atom. The summed E-state index contributed by atoms with van der Waals surface area (Å²) in [6.45, 7) is -0.758. The summed E-state index contributed by atoms with van der Waals surface area (Å²) in [4.78, 5) is 11.5. The molecule has 0 aliphatic heterocycles. The van der Waals surface area contributed by atoms with Crippen LogP contribution in [0.5, 0.6) is 5.75 Å². The number of aliphatic hydroxyl groups is 4. The first-order valence-electron chi connectivity index (χ1n) is 6.83. The number of carbonyl (C=O) groups excluding carboxylic acids is 1. The van der Waals surface area contributed by atoms with Crippen LogP contribution in [0, 0.1) is 0 Å². The number of hydrazone groups is 1. The maximum Gasteiger partial charge on any atom is 0.259 e. The second kappa shape index (κ2) is 9.74. The van der Waals surface area contributed by atoms with Crippen molar-refractivity contribution in [2.75, 3.05) is 25.6 Å². The molecule has 0 fully saturated rings. The molecule has 0 saturated heterocycles. The van der Waals surface area contributed by atoms with Crippen LogP contribution in [0.1, 0.15) is 0 Å². The molecule has 6 N–H and O–H groups in total. The van der Waals surface area contributed by atoms with E-state index in [1.807, 2.05) is 0 Å². The summed E-state index contributed by atoms with van der Waals surface area (Å²) < 4.78 is 5.01. The molecule has 0 aliphatic rings. The van der Waals surface area contributed by atoms with Crippen molar-refractivity contribution in [3.8, 4) is 5.75 Å². The maximum atomic E-state index is 11.5. The lowest BCUT2D eigenvalue weighted by Gasteiger charge is -2.17. The van der Waals surface area contributed by atoms with Crippen molar-refractivity contribution in [1.29, 1.82) is 0 Å². The van der Waals surface area contributed by atoms with Gasteiger partial charge < -0.3 is 30.5 Å². The lowest BCUT2D eigenvalue weighted by Crippen LogP contribution is -2.40. The number of benzene rings is 1. The second-order valence-electron chi connectivity index (χ2n) is 4.63. The standard InChI is InChI=1S/C14H21N3O6/c1-23-10-4-2-9(3-5-10)15-7-13(21)17-16-6-11(19)14(22)12(20)8-18/h2-6,11-12,14-15,18-20,22H,7-8H2,1H3,(H,17,21)/b16-6+/t11-,12+,14-/m0/s1. The number of amides is 1. The number of anilines is 1. The van der Waals surface area contributed by atoms with Gasteiger partial charge in [0, 0.05) is 5.69 Å². The zero-order valence-corrected chi connectivity index (χ0v) is 12.6. The van der Waals surface area contributed by atoms with E-state index in [0.717, 1.165) is 6.21 Å². The summed E-state index contributed by atoms with van der Waals surface area (Å²) in [7, 11) is 1.55. The van der Waals surface area contributed by atoms with Gasteiger partial charge in [0.1, 0.15) is 24.1 Å². The zero-order chi connectivity index (χ0) is 17.2. The van der Waals surface area contributed by atoms with Crippen LogP contribution in [-0.4, -0.2) is 71.1 Å². The Labute approximate surface area is 133 Å². The quantitative estimate of drug-likeness (QED) is 0.234. The molecule has 0 aliphatic carbocycles. The molecule has 9 heteroatoms. The highest BCUT2D eigenvalue weighted by atomic mass is 16.5. The molecule has 1 amide bonds. The monoisotopic (exact) mass is 327 g/mol. The average molecular weight is 327 g/mol. The van der Waals surface area contributed by atoms with E-state index in [4.69, 9.17) is 14.9 Å². The third-order valence-electron chi connectivity index (χ3n) is 2.89. The van der Waals surface area contributed by atoms with Crippen molar-refractivity contribution in [2.24, 2.45) is 5.10 Å². The summed E-state index contributed by atoms with van der Waals surface area (Å²) in [6.07, 6.45) is -3.76. The number of methoxy groups -OCH3 is 1. The second-order valence-corrected chi connectivity index (χ2v) is 4.63. The van der Waals surface area contributed by atoms with E-state index in [1.165, 1.54) is 0 Å². The van der Waals surface area contributed by atoms with Gasteiger partial charge in [0.15, 0.2) is 0 Å². The molecule has 1 rings (SSSR count). The van der Waals surface area contributed by atoms with E-state index in [2.05, 4.69) is 15.8 Å². The van der Waals surface area contributed by atoms with Crippen LogP contribution in [-0.2, 0) is 4.79 Å². The molecule has 1 aromatic carbocycles. The van der Waals surface area contributed by atoms with Gasteiger partial charge in [-0.05, 0) is 24.3 Å². The fourth-order valence-corrected chi connectivity index (χ4v) is 1.54. The smallest absolute Gasteiger partial charge is 0.259 e. The molecule has 0 bridgehead atoms. The molecular weight excluding hydrogens is 306 g/mol. The van der Waals surface area contributed by atoms with Crippen molar-refractivity contribution in [3.63, 3.8) is 0 Å². The van der Waals surface area contributed by atoms with Gasteiger partial charge in [-0.2, -0.15) is 5.10 Å². The molecule has 128 valence electrons. The summed E-state index contributed by atoms with van der Waals surface area (Å²) in [5, 5.41) is 42.9.